The van der Waals surface area contributed by atoms with E-state index in [0.29, 0.717) is 26.2 Å². The maximum absolute atomic E-state index is 12.3. The van der Waals surface area contributed by atoms with Crippen molar-refractivity contribution in [2.45, 2.75) is 25.8 Å². The molecule has 0 atom stereocenters. The van der Waals surface area contributed by atoms with Gasteiger partial charge in [0.15, 0.2) is 0 Å². The van der Waals surface area contributed by atoms with E-state index in [9.17, 15) is 19.7 Å². The average molecular weight is 402 g/mol. The van der Waals surface area contributed by atoms with Crippen LogP contribution in [0.15, 0.2) is 35.7 Å². The first-order chi connectivity index (χ1) is 13.5. The van der Waals surface area contributed by atoms with Crippen molar-refractivity contribution in [1.82, 2.24) is 10.2 Å². The standard InChI is InChI=1S/C19H22N4O4S/c24-18(21-10-9-20-15-1-3-16(4-2-15)23(26)27)5-6-19(25)22-11-7-17-14(13-22)8-12-28-17/h1-4,8,12,20H,5-7,9-11,13H2,(H,21,24). The summed E-state index contributed by atoms with van der Waals surface area (Å²) in [6.45, 7) is 2.25. The fourth-order valence-corrected chi connectivity index (χ4v) is 3.93. The predicted molar refractivity (Wildman–Crippen MR) is 107 cm³/mol. The molecule has 2 amide bonds. The monoisotopic (exact) mass is 402 g/mol. The molecule has 2 N–H and O–H groups in total. The van der Waals surface area contributed by atoms with Gasteiger partial charge in [-0.1, -0.05) is 0 Å². The highest BCUT2D eigenvalue weighted by atomic mass is 32.1. The Bertz CT molecular complexity index is 850. The molecule has 1 aromatic carbocycles. The number of thiophene rings is 1. The maximum atomic E-state index is 12.3. The van der Waals surface area contributed by atoms with Crippen molar-refractivity contribution >= 4 is 34.5 Å². The quantitative estimate of drug-likeness (QED) is 0.401. The Hall–Kier alpha value is -2.94. The van der Waals surface area contributed by atoms with Crippen LogP contribution in [-0.2, 0) is 22.6 Å². The summed E-state index contributed by atoms with van der Waals surface area (Å²) in [7, 11) is 0. The van der Waals surface area contributed by atoms with Gasteiger partial charge in [-0.25, -0.2) is 0 Å². The van der Waals surface area contributed by atoms with Crippen LogP contribution in [0.1, 0.15) is 23.3 Å². The highest BCUT2D eigenvalue weighted by molar-refractivity contribution is 7.10. The number of nitrogens with zero attached hydrogens (tertiary/aromatic N) is 2. The van der Waals surface area contributed by atoms with Crippen LogP contribution in [0.2, 0.25) is 0 Å². The van der Waals surface area contributed by atoms with E-state index < -0.39 is 4.92 Å². The van der Waals surface area contributed by atoms with Crippen LogP contribution in [0.4, 0.5) is 11.4 Å². The molecule has 1 aliphatic rings. The summed E-state index contributed by atoms with van der Waals surface area (Å²) in [5.74, 6) is -0.150. The molecule has 9 heteroatoms. The van der Waals surface area contributed by atoms with Gasteiger partial charge in [0.2, 0.25) is 11.8 Å². The molecule has 0 bridgehead atoms. The van der Waals surface area contributed by atoms with Gasteiger partial charge in [-0.15, -0.1) is 11.3 Å². The number of non-ortho nitro benzene ring substituents is 1. The predicted octanol–water partition coefficient (Wildman–Crippen LogP) is 2.55. The Morgan fingerprint density at radius 1 is 1.14 bits per heavy atom. The van der Waals surface area contributed by atoms with E-state index in [0.717, 1.165) is 12.1 Å². The maximum Gasteiger partial charge on any atom is 0.269 e. The van der Waals surface area contributed by atoms with Crippen molar-refractivity contribution in [3.63, 3.8) is 0 Å². The second kappa shape index (κ2) is 9.32. The van der Waals surface area contributed by atoms with E-state index in [2.05, 4.69) is 22.1 Å². The van der Waals surface area contributed by atoms with Crippen LogP contribution in [0.5, 0.6) is 0 Å². The summed E-state index contributed by atoms with van der Waals surface area (Å²) < 4.78 is 0. The smallest absolute Gasteiger partial charge is 0.269 e. The van der Waals surface area contributed by atoms with Crippen LogP contribution in [0, 0.1) is 10.1 Å². The number of hydrogen-bond donors (Lipinski definition) is 2. The number of fused-ring (bicyclic) bond motifs is 1. The molecule has 148 valence electrons. The minimum Gasteiger partial charge on any atom is -0.383 e. The van der Waals surface area contributed by atoms with Crippen LogP contribution >= 0.6 is 11.3 Å². The third-order valence-electron chi connectivity index (χ3n) is 4.58. The Labute approximate surface area is 166 Å². The molecule has 0 aliphatic carbocycles. The Morgan fingerprint density at radius 3 is 2.68 bits per heavy atom. The zero-order valence-electron chi connectivity index (χ0n) is 15.3. The first kappa shape index (κ1) is 19.8. The molecule has 0 fully saturated rings. The van der Waals surface area contributed by atoms with Crippen LogP contribution < -0.4 is 10.6 Å². The fourth-order valence-electron chi connectivity index (χ4n) is 3.04. The van der Waals surface area contributed by atoms with Gasteiger partial charge in [0.25, 0.3) is 5.69 Å². The molecule has 2 heterocycles. The molecule has 28 heavy (non-hydrogen) atoms. The molecule has 1 aromatic heterocycles. The van der Waals surface area contributed by atoms with Gasteiger partial charge in [-0.3, -0.25) is 19.7 Å². The fraction of sp³-hybridized carbons (Fsp3) is 0.368. The molecule has 1 aliphatic heterocycles. The molecular weight excluding hydrogens is 380 g/mol. The highest BCUT2D eigenvalue weighted by Gasteiger charge is 2.21. The second-order valence-corrected chi connectivity index (χ2v) is 7.52. The number of rotatable bonds is 8. The van der Waals surface area contributed by atoms with Crippen molar-refractivity contribution in [1.29, 1.82) is 0 Å². The molecule has 8 nitrogen and oxygen atoms in total. The highest BCUT2D eigenvalue weighted by Crippen LogP contribution is 2.24. The second-order valence-electron chi connectivity index (χ2n) is 6.52. The number of amides is 2. The minimum absolute atomic E-state index is 0.0102. The number of nitro benzene ring substituents is 1. The molecule has 0 saturated carbocycles. The number of carbonyl (C=O) groups excluding carboxylic acids is 2. The zero-order chi connectivity index (χ0) is 19.9. The number of nitrogens with one attached hydrogen (secondary N) is 2. The first-order valence-corrected chi connectivity index (χ1v) is 9.99. The van der Waals surface area contributed by atoms with Crippen molar-refractivity contribution in [2.75, 3.05) is 25.0 Å². The summed E-state index contributed by atoms with van der Waals surface area (Å²) in [4.78, 5) is 37.6. The lowest BCUT2D eigenvalue weighted by molar-refractivity contribution is -0.384. The minimum atomic E-state index is -0.450. The van der Waals surface area contributed by atoms with Crippen molar-refractivity contribution in [3.8, 4) is 0 Å². The van der Waals surface area contributed by atoms with Gasteiger partial charge < -0.3 is 15.5 Å². The largest absolute Gasteiger partial charge is 0.383 e. The van der Waals surface area contributed by atoms with Crippen molar-refractivity contribution in [2.24, 2.45) is 0 Å². The molecule has 0 saturated heterocycles. The Morgan fingerprint density at radius 2 is 1.93 bits per heavy atom. The Balaban J connectivity index is 1.31. The molecule has 0 spiro atoms. The number of anilines is 1. The summed E-state index contributed by atoms with van der Waals surface area (Å²) in [6, 6.07) is 8.15. The van der Waals surface area contributed by atoms with Gasteiger partial charge in [0.05, 0.1) is 4.92 Å². The van der Waals surface area contributed by atoms with Gasteiger partial charge in [0, 0.05) is 61.7 Å². The molecule has 0 unspecified atom stereocenters. The number of hydrogen-bond acceptors (Lipinski definition) is 6. The first-order valence-electron chi connectivity index (χ1n) is 9.11. The lowest BCUT2D eigenvalue weighted by atomic mass is 10.1. The SMILES string of the molecule is O=C(CCC(=O)N1CCc2sccc2C1)NCCNc1ccc([N+](=O)[O-])cc1. The van der Waals surface area contributed by atoms with E-state index in [-0.39, 0.29) is 30.3 Å². The zero-order valence-corrected chi connectivity index (χ0v) is 16.2. The summed E-state index contributed by atoms with van der Waals surface area (Å²) in [6.07, 6.45) is 1.27. The Kier molecular flexibility index (Phi) is 6.59. The van der Waals surface area contributed by atoms with Gasteiger partial charge in [-0.2, -0.15) is 0 Å². The summed E-state index contributed by atoms with van der Waals surface area (Å²) in [5.41, 5.74) is 1.99. The molecular formula is C19H22N4O4S. The van der Waals surface area contributed by atoms with Crippen LogP contribution in [0.25, 0.3) is 0 Å². The number of benzene rings is 1. The topological polar surface area (TPSA) is 105 Å². The van der Waals surface area contributed by atoms with E-state index in [1.165, 1.54) is 22.6 Å². The van der Waals surface area contributed by atoms with Crippen LogP contribution in [-0.4, -0.2) is 41.3 Å². The van der Waals surface area contributed by atoms with Gasteiger partial charge >= 0.3 is 0 Å². The van der Waals surface area contributed by atoms with Gasteiger partial charge in [0.1, 0.15) is 0 Å². The third kappa shape index (κ3) is 5.29. The average Bonchev–Trinajstić information content (AvgIpc) is 3.17. The lowest BCUT2D eigenvalue weighted by Gasteiger charge is -2.27. The molecule has 0 radical (unpaired) electrons. The van der Waals surface area contributed by atoms with E-state index in [1.807, 2.05) is 4.90 Å². The van der Waals surface area contributed by atoms with E-state index in [4.69, 9.17) is 0 Å². The van der Waals surface area contributed by atoms with E-state index in [1.54, 1.807) is 23.5 Å². The number of carbonyl (C=O) groups is 2. The van der Waals surface area contributed by atoms with Crippen LogP contribution in [0.3, 0.4) is 0 Å². The summed E-state index contributed by atoms with van der Waals surface area (Å²) in [5, 5.41) is 18.5. The summed E-state index contributed by atoms with van der Waals surface area (Å²) >= 11 is 1.73. The lowest BCUT2D eigenvalue weighted by Crippen LogP contribution is -2.36. The van der Waals surface area contributed by atoms with Crippen molar-refractivity contribution in [3.05, 3.63) is 56.3 Å². The van der Waals surface area contributed by atoms with Crippen molar-refractivity contribution < 1.29 is 14.5 Å². The third-order valence-corrected chi connectivity index (χ3v) is 5.60. The molecule has 2 aromatic rings. The van der Waals surface area contributed by atoms with E-state index >= 15 is 0 Å². The molecule has 3 rings (SSSR count). The van der Waals surface area contributed by atoms with Gasteiger partial charge in [-0.05, 0) is 35.6 Å². The normalized spacial score (nSPS) is 12.9. The number of nitro groups is 1.